The third-order valence-electron chi connectivity index (χ3n) is 5.38. The van der Waals surface area contributed by atoms with Crippen LogP contribution in [0.15, 0.2) is 24.3 Å². The van der Waals surface area contributed by atoms with E-state index in [1.165, 1.54) is 12.1 Å². The zero-order valence-corrected chi connectivity index (χ0v) is 15.4. The highest BCUT2D eigenvalue weighted by atomic mass is 19.1. The summed E-state index contributed by atoms with van der Waals surface area (Å²) in [5, 5.41) is 11.8. The zero-order chi connectivity index (χ0) is 18.8. The molecule has 8 heteroatoms. The monoisotopic (exact) mass is 373 g/mol. The Kier molecular flexibility index (Phi) is 5.18. The number of halogens is 1. The summed E-state index contributed by atoms with van der Waals surface area (Å²) in [6.45, 7) is 5.19. The van der Waals surface area contributed by atoms with Crippen LogP contribution in [0.1, 0.15) is 46.7 Å². The van der Waals surface area contributed by atoms with Gasteiger partial charge in [-0.25, -0.2) is 9.07 Å². The number of hydrogen-bond acceptors (Lipinski definition) is 5. The van der Waals surface area contributed by atoms with Gasteiger partial charge in [0.15, 0.2) is 5.69 Å². The molecule has 2 aliphatic rings. The molecule has 4 rings (SSSR count). The Morgan fingerprint density at radius 2 is 2.00 bits per heavy atom. The second-order valence-electron chi connectivity index (χ2n) is 7.11. The maximum Gasteiger partial charge on any atom is 0.276 e. The van der Waals surface area contributed by atoms with Gasteiger partial charge < -0.3 is 15.0 Å². The molecule has 144 valence electrons. The lowest BCUT2D eigenvalue weighted by Crippen LogP contribution is -2.42. The number of nitrogens with zero attached hydrogens (tertiary/aromatic N) is 4. The molecular formula is C19H24FN5O2. The Morgan fingerprint density at radius 3 is 2.74 bits per heavy atom. The maximum absolute atomic E-state index is 13.2. The molecule has 1 amide bonds. The first-order valence-corrected chi connectivity index (χ1v) is 9.42. The summed E-state index contributed by atoms with van der Waals surface area (Å²) < 4.78 is 20.8. The van der Waals surface area contributed by atoms with Crippen molar-refractivity contribution in [3.8, 4) is 0 Å². The van der Waals surface area contributed by atoms with Crippen molar-refractivity contribution in [3.63, 3.8) is 0 Å². The number of benzene rings is 1. The highest BCUT2D eigenvalue weighted by Gasteiger charge is 2.30. The van der Waals surface area contributed by atoms with Crippen LogP contribution in [-0.4, -0.2) is 58.6 Å². The van der Waals surface area contributed by atoms with Crippen LogP contribution in [-0.2, 0) is 4.74 Å². The summed E-state index contributed by atoms with van der Waals surface area (Å²) in [7, 11) is 0. The molecule has 2 fully saturated rings. The minimum Gasteiger partial charge on any atom is -0.370 e. The van der Waals surface area contributed by atoms with Crippen molar-refractivity contribution in [1.29, 1.82) is 0 Å². The lowest BCUT2D eigenvalue weighted by atomic mass is 10.1. The SMILES string of the molecule is Cc1c(C(=O)N2CCO[C@H](c3ccc(F)cc3)C2)nnn1C1CCNCC1. The van der Waals surface area contributed by atoms with Gasteiger partial charge in [0.2, 0.25) is 0 Å². The quantitative estimate of drug-likeness (QED) is 0.889. The van der Waals surface area contributed by atoms with E-state index in [1.54, 1.807) is 17.0 Å². The van der Waals surface area contributed by atoms with Crippen molar-refractivity contribution >= 4 is 5.91 Å². The molecule has 3 heterocycles. The van der Waals surface area contributed by atoms with Crippen LogP contribution < -0.4 is 5.32 Å². The topological polar surface area (TPSA) is 72.3 Å². The van der Waals surface area contributed by atoms with E-state index in [2.05, 4.69) is 15.6 Å². The first-order valence-electron chi connectivity index (χ1n) is 9.42. The highest BCUT2D eigenvalue weighted by molar-refractivity contribution is 5.93. The summed E-state index contributed by atoms with van der Waals surface area (Å²) in [6, 6.07) is 6.51. The molecular weight excluding hydrogens is 349 g/mol. The molecule has 1 atom stereocenters. The van der Waals surface area contributed by atoms with Gasteiger partial charge in [0, 0.05) is 6.54 Å². The number of amides is 1. The van der Waals surface area contributed by atoms with E-state index in [1.807, 2.05) is 11.6 Å². The van der Waals surface area contributed by atoms with Crippen LogP contribution >= 0.6 is 0 Å². The molecule has 2 saturated heterocycles. The Labute approximate surface area is 157 Å². The highest BCUT2D eigenvalue weighted by Crippen LogP contribution is 2.25. The fourth-order valence-electron chi connectivity index (χ4n) is 3.80. The average molecular weight is 373 g/mol. The molecule has 0 bridgehead atoms. The zero-order valence-electron chi connectivity index (χ0n) is 15.4. The maximum atomic E-state index is 13.2. The first kappa shape index (κ1) is 18.1. The Balaban J connectivity index is 1.49. The van der Waals surface area contributed by atoms with Gasteiger partial charge in [-0.15, -0.1) is 5.10 Å². The third-order valence-corrected chi connectivity index (χ3v) is 5.38. The summed E-state index contributed by atoms with van der Waals surface area (Å²) in [4.78, 5) is 14.8. The van der Waals surface area contributed by atoms with Gasteiger partial charge >= 0.3 is 0 Å². The van der Waals surface area contributed by atoms with Crippen LogP contribution in [0.25, 0.3) is 0 Å². The summed E-state index contributed by atoms with van der Waals surface area (Å²) in [6.07, 6.45) is 1.72. The number of morpholine rings is 1. The minimum absolute atomic E-state index is 0.122. The number of hydrogen-bond donors (Lipinski definition) is 1. The second kappa shape index (κ2) is 7.74. The molecule has 2 aromatic rings. The van der Waals surface area contributed by atoms with Gasteiger partial charge in [-0.1, -0.05) is 17.3 Å². The van der Waals surface area contributed by atoms with E-state index in [9.17, 15) is 9.18 Å². The fourth-order valence-corrected chi connectivity index (χ4v) is 3.80. The molecule has 27 heavy (non-hydrogen) atoms. The number of carbonyl (C=O) groups is 1. The van der Waals surface area contributed by atoms with Crippen LogP contribution in [0.5, 0.6) is 0 Å². The first-order chi connectivity index (χ1) is 13.1. The summed E-state index contributed by atoms with van der Waals surface area (Å²) >= 11 is 0. The molecule has 2 aliphatic heterocycles. The normalized spacial score (nSPS) is 21.4. The van der Waals surface area contributed by atoms with Crippen molar-refractivity contribution in [1.82, 2.24) is 25.2 Å². The smallest absolute Gasteiger partial charge is 0.276 e. The predicted octanol–water partition coefficient (Wildman–Crippen LogP) is 1.86. The van der Waals surface area contributed by atoms with Crippen molar-refractivity contribution in [2.24, 2.45) is 0 Å². The number of ether oxygens (including phenoxy) is 1. The lowest BCUT2D eigenvalue weighted by molar-refractivity contribution is -0.0230. The Hall–Kier alpha value is -2.32. The number of piperidine rings is 1. The minimum atomic E-state index is -0.285. The van der Waals surface area contributed by atoms with Gasteiger partial charge in [-0.05, 0) is 50.6 Å². The summed E-state index contributed by atoms with van der Waals surface area (Å²) in [5.74, 6) is -0.407. The Bertz CT molecular complexity index is 801. The van der Waals surface area contributed by atoms with Crippen LogP contribution in [0, 0.1) is 12.7 Å². The van der Waals surface area contributed by atoms with Crippen LogP contribution in [0.3, 0.4) is 0 Å². The molecule has 0 unspecified atom stereocenters. The van der Waals surface area contributed by atoms with Crippen LogP contribution in [0.4, 0.5) is 4.39 Å². The number of rotatable bonds is 3. The lowest BCUT2D eigenvalue weighted by Gasteiger charge is -2.33. The second-order valence-corrected chi connectivity index (χ2v) is 7.11. The van der Waals surface area contributed by atoms with Gasteiger partial charge in [0.1, 0.15) is 11.9 Å². The van der Waals surface area contributed by atoms with Crippen molar-refractivity contribution in [2.45, 2.75) is 31.9 Å². The molecule has 7 nitrogen and oxygen atoms in total. The number of nitrogens with one attached hydrogen (secondary N) is 1. The van der Waals surface area contributed by atoms with Gasteiger partial charge in [0.05, 0.1) is 24.9 Å². The number of aromatic nitrogens is 3. The van der Waals surface area contributed by atoms with Crippen LogP contribution in [0.2, 0.25) is 0 Å². The molecule has 1 N–H and O–H groups in total. The van der Waals surface area contributed by atoms with E-state index in [-0.39, 0.29) is 23.9 Å². The molecule has 0 spiro atoms. The summed E-state index contributed by atoms with van der Waals surface area (Å²) in [5.41, 5.74) is 2.09. The van der Waals surface area contributed by atoms with Crippen molar-refractivity contribution < 1.29 is 13.9 Å². The van der Waals surface area contributed by atoms with Gasteiger partial charge in [-0.3, -0.25) is 4.79 Å². The molecule has 0 radical (unpaired) electrons. The number of carbonyl (C=O) groups excluding carboxylic acids is 1. The van der Waals surface area contributed by atoms with E-state index in [0.29, 0.717) is 25.4 Å². The van der Waals surface area contributed by atoms with Gasteiger partial charge in [0.25, 0.3) is 5.91 Å². The standard InChI is InChI=1S/C19H24FN5O2/c1-13-18(22-23-25(13)16-6-8-21-9-7-16)19(26)24-10-11-27-17(12-24)14-2-4-15(20)5-3-14/h2-5,16-17,21H,6-12H2,1H3/t17-/m0/s1. The van der Waals surface area contributed by atoms with E-state index < -0.39 is 0 Å². The Morgan fingerprint density at radius 1 is 1.26 bits per heavy atom. The van der Waals surface area contributed by atoms with E-state index >= 15 is 0 Å². The molecule has 1 aromatic carbocycles. The fraction of sp³-hybridized carbons (Fsp3) is 0.526. The average Bonchev–Trinajstić information content (AvgIpc) is 3.10. The molecule has 0 saturated carbocycles. The van der Waals surface area contributed by atoms with E-state index in [4.69, 9.17) is 4.74 Å². The molecule has 0 aliphatic carbocycles. The third kappa shape index (κ3) is 3.72. The van der Waals surface area contributed by atoms with E-state index in [0.717, 1.165) is 37.2 Å². The van der Waals surface area contributed by atoms with Crippen molar-refractivity contribution in [2.75, 3.05) is 32.8 Å². The van der Waals surface area contributed by atoms with Crippen molar-refractivity contribution in [3.05, 3.63) is 47.0 Å². The molecule has 1 aromatic heterocycles. The predicted molar refractivity (Wildman–Crippen MR) is 96.9 cm³/mol. The van der Waals surface area contributed by atoms with Gasteiger partial charge in [-0.2, -0.15) is 0 Å². The largest absolute Gasteiger partial charge is 0.370 e.